The topological polar surface area (TPSA) is 61.9 Å². The molecule has 3 fully saturated rings. The number of amides is 2. The summed E-state index contributed by atoms with van der Waals surface area (Å²) in [7, 11) is 0. The van der Waals surface area contributed by atoms with E-state index in [9.17, 15) is 9.59 Å². The smallest absolute Gasteiger partial charge is 0.255 e. The lowest BCUT2D eigenvalue weighted by Crippen LogP contribution is -2.51. The number of rotatable bonds is 7. The van der Waals surface area contributed by atoms with Gasteiger partial charge in [-0.15, -0.1) is 11.8 Å². The van der Waals surface area contributed by atoms with Crippen molar-refractivity contribution in [3.8, 4) is 0 Å². The van der Waals surface area contributed by atoms with Crippen molar-refractivity contribution in [2.45, 2.75) is 49.9 Å². The first-order chi connectivity index (χ1) is 15.6. The Kier molecular flexibility index (Phi) is 8.75. The molecule has 1 aliphatic carbocycles. The van der Waals surface area contributed by atoms with Crippen LogP contribution in [0.5, 0.6) is 0 Å². The maximum Gasteiger partial charge on any atom is 0.255 e. The highest BCUT2D eigenvalue weighted by Gasteiger charge is 2.45. The molecule has 2 atom stereocenters. The van der Waals surface area contributed by atoms with E-state index >= 15 is 0 Å². The Hall–Kier alpha value is -1.28. The van der Waals surface area contributed by atoms with Gasteiger partial charge in [0, 0.05) is 36.0 Å². The molecular weight excluding hydrogens is 446 g/mol. The number of morpholine rings is 1. The van der Waals surface area contributed by atoms with Gasteiger partial charge in [0.2, 0.25) is 5.91 Å². The van der Waals surface area contributed by atoms with Gasteiger partial charge in [0.05, 0.1) is 18.6 Å². The van der Waals surface area contributed by atoms with Crippen molar-refractivity contribution in [2.75, 3.05) is 45.1 Å². The molecule has 2 saturated heterocycles. The quantitative estimate of drug-likeness (QED) is 0.605. The number of benzene rings is 1. The number of nitrogens with zero attached hydrogens (tertiary/aromatic N) is 2. The fraction of sp³-hybridized carbons (Fsp3) is 0.667. The Morgan fingerprint density at radius 3 is 2.53 bits per heavy atom. The monoisotopic (exact) mass is 479 g/mol. The second kappa shape index (κ2) is 11.7. The maximum atomic E-state index is 13.5. The van der Waals surface area contributed by atoms with Crippen molar-refractivity contribution < 1.29 is 14.3 Å². The van der Waals surface area contributed by atoms with Crippen molar-refractivity contribution in [2.24, 2.45) is 5.92 Å². The predicted molar refractivity (Wildman–Crippen MR) is 129 cm³/mol. The van der Waals surface area contributed by atoms with E-state index in [-0.39, 0.29) is 17.2 Å². The van der Waals surface area contributed by atoms with E-state index in [1.165, 1.54) is 19.3 Å². The number of hydrogen-bond acceptors (Lipinski definition) is 5. The zero-order valence-electron chi connectivity index (χ0n) is 18.6. The third kappa shape index (κ3) is 5.99. The van der Waals surface area contributed by atoms with Crippen LogP contribution in [0.3, 0.4) is 0 Å². The summed E-state index contributed by atoms with van der Waals surface area (Å²) in [6.45, 7) is 5.08. The molecule has 2 amide bonds. The minimum atomic E-state index is -0.418. The van der Waals surface area contributed by atoms with E-state index < -0.39 is 6.04 Å². The van der Waals surface area contributed by atoms with Gasteiger partial charge in [-0.05, 0) is 56.0 Å². The van der Waals surface area contributed by atoms with Gasteiger partial charge < -0.3 is 15.0 Å². The largest absolute Gasteiger partial charge is 0.379 e. The lowest BCUT2D eigenvalue weighted by molar-refractivity contribution is -0.125. The highest BCUT2D eigenvalue weighted by Crippen LogP contribution is 2.41. The Morgan fingerprint density at radius 1 is 1.09 bits per heavy atom. The molecule has 3 aliphatic rings. The van der Waals surface area contributed by atoms with Crippen molar-refractivity contribution >= 4 is 35.2 Å². The normalized spacial score (nSPS) is 25.1. The predicted octanol–water partition coefficient (Wildman–Crippen LogP) is 3.64. The number of hydrogen-bond donors (Lipinski definition) is 1. The third-order valence-electron chi connectivity index (χ3n) is 6.77. The van der Waals surface area contributed by atoms with Gasteiger partial charge in [-0.25, -0.2) is 0 Å². The Bertz CT molecular complexity index is 766. The molecule has 2 aliphatic heterocycles. The standard InChI is InChI=1S/C24H34ClN3O3S/c25-20-9-7-18(8-10-20)23(30)28-21(17-32-24(28)19-5-2-1-3-6-19)22(29)26-11-4-12-27-13-15-31-16-14-27/h7-10,19,21,24H,1-6,11-17H2,(H,26,29). The van der Waals surface area contributed by atoms with Crippen molar-refractivity contribution in [3.63, 3.8) is 0 Å². The fourth-order valence-corrected chi connectivity index (χ4v) is 6.73. The molecule has 4 rings (SSSR count). The lowest BCUT2D eigenvalue weighted by atomic mass is 9.88. The third-order valence-corrected chi connectivity index (χ3v) is 8.48. The molecule has 6 nitrogen and oxygen atoms in total. The molecule has 1 aromatic carbocycles. The molecule has 0 bridgehead atoms. The van der Waals surface area contributed by atoms with Gasteiger partial charge in [-0.1, -0.05) is 30.9 Å². The SMILES string of the molecule is O=C(NCCCN1CCOCC1)C1CSC(C2CCCCC2)N1C(=O)c1ccc(Cl)cc1. The van der Waals surface area contributed by atoms with Gasteiger partial charge in [-0.3, -0.25) is 14.5 Å². The second-order valence-electron chi connectivity index (χ2n) is 8.96. The summed E-state index contributed by atoms with van der Waals surface area (Å²) in [6, 6.07) is 6.60. The van der Waals surface area contributed by atoms with Crippen LogP contribution in [0.25, 0.3) is 0 Å². The first-order valence-corrected chi connectivity index (χ1v) is 13.3. The summed E-state index contributed by atoms with van der Waals surface area (Å²) in [5.74, 6) is 1.04. The van der Waals surface area contributed by atoms with Gasteiger partial charge in [0.15, 0.2) is 0 Å². The summed E-state index contributed by atoms with van der Waals surface area (Å²) in [6.07, 6.45) is 6.87. The van der Waals surface area contributed by atoms with Crippen LogP contribution in [-0.2, 0) is 9.53 Å². The molecule has 0 radical (unpaired) electrons. The molecule has 2 unspecified atom stereocenters. The zero-order valence-corrected chi connectivity index (χ0v) is 20.2. The van der Waals surface area contributed by atoms with Crippen molar-refractivity contribution in [1.82, 2.24) is 15.1 Å². The van der Waals surface area contributed by atoms with Crippen LogP contribution in [-0.4, -0.2) is 78.2 Å². The minimum Gasteiger partial charge on any atom is -0.379 e. The maximum absolute atomic E-state index is 13.5. The van der Waals surface area contributed by atoms with Gasteiger partial charge in [-0.2, -0.15) is 0 Å². The molecule has 0 aromatic heterocycles. The number of ether oxygens (including phenoxy) is 1. The van der Waals surface area contributed by atoms with Crippen LogP contribution in [0.2, 0.25) is 5.02 Å². The molecule has 1 saturated carbocycles. The molecule has 176 valence electrons. The minimum absolute atomic E-state index is 0.0277. The summed E-state index contributed by atoms with van der Waals surface area (Å²) in [5, 5.41) is 3.79. The second-order valence-corrected chi connectivity index (χ2v) is 10.5. The number of halogens is 1. The zero-order chi connectivity index (χ0) is 22.3. The molecular formula is C24H34ClN3O3S. The van der Waals surface area contributed by atoms with E-state index in [1.807, 2.05) is 4.90 Å². The van der Waals surface area contributed by atoms with Gasteiger partial charge in [0.25, 0.3) is 5.91 Å². The van der Waals surface area contributed by atoms with Gasteiger partial charge in [0.1, 0.15) is 6.04 Å². The van der Waals surface area contributed by atoms with E-state index in [4.69, 9.17) is 16.3 Å². The highest BCUT2D eigenvalue weighted by atomic mass is 35.5. The average molecular weight is 480 g/mol. The Balaban J connectivity index is 1.39. The van der Waals surface area contributed by atoms with E-state index in [0.29, 0.717) is 28.8 Å². The van der Waals surface area contributed by atoms with E-state index in [1.54, 1.807) is 36.0 Å². The summed E-state index contributed by atoms with van der Waals surface area (Å²) < 4.78 is 5.39. The first kappa shape index (κ1) is 23.9. The number of carbonyl (C=O) groups excluding carboxylic acids is 2. The van der Waals surface area contributed by atoms with Crippen LogP contribution >= 0.6 is 23.4 Å². The van der Waals surface area contributed by atoms with Crippen molar-refractivity contribution in [1.29, 1.82) is 0 Å². The van der Waals surface area contributed by atoms with Crippen molar-refractivity contribution in [3.05, 3.63) is 34.9 Å². The van der Waals surface area contributed by atoms with E-state index in [2.05, 4.69) is 10.2 Å². The molecule has 1 N–H and O–H groups in total. The van der Waals surface area contributed by atoms with Gasteiger partial charge >= 0.3 is 0 Å². The first-order valence-electron chi connectivity index (χ1n) is 11.9. The summed E-state index contributed by atoms with van der Waals surface area (Å²) >= 11 is 7.81. The van der Waals surface area contributed by atoms with Crippen LogP contribution in [0.1, 0.15) is 48.9 Å². The van der Waals surface area contributed by atoms with E-state index in [0.717, 1.165) is 52.1 Å². The summed E-state index contributed by atoms with van der Waals surface area (Å²) in [4.78, 5) is 30.9. The van der Waals surface area contributed by atoms with Crippen LogP contribution in [0, 0.1) is 5.92 Å². The Morgan fingerprint density at radius 2 is 1.81 bits per heavy atom. The number of carbonyl (C=O) groups is 2. The molecule has 1 aromatic rings. The number of thioether (sulfide) groups is 1. The Labute approximate surface area is 200 Å². The molecule has 0 spiro atoms. The fourth-order valence-electron chi connectivity index (χ4n) is 4.97. The van der Waals surface area contributed by atoms with Crippen LogP contribution in [0.4, 0.5) is 0 Å². The molecule has 2 heterocycles. The van der Waals surface area contributed by atoms with Crippen LogP contribution in [0.15, 0.2) is 24.3 Å². The average Bonchev–Trinajstić information content (AvgIpc) is 3.28. The number of nitrogens with one attached hydrogen (secondary N) is 1. The highest BCUT2D eigenvalue weighted by molar-refractivity contribution is 8.00. The lowest BCUT2D eigenvalue weighted by Gasteiger charge is -2.35. The molecule has 32 heavy (non-hydrogen) atoms. The van der Waals surface area contributed by atoms with Crippen LogP contribution < -0.4 is 5.32 Å². The molecule has 8 heteroatoms. The summed E-state index contributed by atoms with van der Waals surface area (Å²) in [5.41, 5.74) is 0.600.